The highest BCUT2D eigenvalue weighted by Crippen LogP contribution is 2.18. The third-order valence-corrected chi connectivity index (χ3v) is 2.48. The first-order chi connectivity index (χ1) is 9.04. The smallest absolute Gasteiger partial charge is 0.269 e. The van der Waals surface area contributed by atoms with Gasteiger partial charge in [-0.3, -0.25) is 10.1 Å². The molecule has 0 N–H and O–H groups in total. The molecule has 6 nitrogen and oxygen atoms in total. The zero-order valence-electron chi connectivity index (χ0n) is 10.0. The number of hydrogen-bond acceptors (Lipinski definition) is 5. The van der Waals surface area contributed by atoms with Crippen LogP contribution in [0, 0.1) is 17.0 Å². The van der Waals surface area contributed by atoms with Gasteiger partial charge in [0.25, 0.3) is 5.69 Å². The predicted octanol–water partition coefficient (Wildman–Crippen LogP) is 2.93. The second-order valence-corrected chi connectivity index (χ2v) is 4.18. The van der Waals surface area contributed by atoms with Crippen molar-refractivity contribution in [3.8, 4) is 5.75 Å². The van der Waals surface area contributed by atoms with Crippen molar-refractivity contribution < 1.29 is 9.66 Å². The molecule has 0 radical (unpaired) electrons. The number of halogens is 1. The summed E-state index contributed by atoms with van der Waals surface area (Å²) in [5, 5.41) is 10.9. The Bertz CT molecular complexity index is 581. The largest absolute Gasteiger partial charge is 0.486 e. The second kappa shape index (κ2) is 5.62. The molecule has 0 bridgehead atoms. The molecule has 19 heavy (non-hydrogen) atoms. The van der Waals surface area contributed by atoms with Crippen molar-refractivity contribution >= 4 is 17.3 Å². The van der Waals surface area contributed by atoms with Crippen molar-refractivity contribution in [1.82, 2.24) is 9.97 Å². The van der Waals surface area contributed by atoms with Gasteiger partial charge in [0.2, 0.25) is 0 Å². The number of non-ortho nitro benzene ring substituents is 1. The van der Waals surface area contributed by atoms with E-state index < -0.39 is 4.92 Å². The molecule has 0 amide bonds. The maximum absolute atomic E-state index is 10.5. The van der Waals surface area contributed by atoms with Gasteiger partial charge in [-0.15, -0.1) is 0 Å². The molecule has 0 unspecified atom stereocenters. The molecule has 0 saturated heterocycles. The van der Waals surface area contributed by atoms with Gasteiger partial charge in [0.05, 0.1) is 4.92 Å². The normalized spacial score (nSPS) is 10.2. The number of nitrogens with zero attached hydrogens (tertiary/aromatic N) is 3. The van der Waals surface area contributed by atoms with Crippen LogP contribution in [0.1, 0.15) is 11.5 Å². The van der Waals surface area contributed by atoms with Crippen LogP contribution in [0.3, 0.4) is 0 Å². The fourth-order valence-electron chi connectivity index (χ4n) is 1.47. The Morgan fingerprint density at radius 3 is 2.58 bits per heavy atom. The first-order valence-corrected chi connectivity index (χ1v) is 5.80. The quantitative estimate of drug-likeness (QED) is 0.488. The average Bonchev–Trinajstić information content (AvgIpc) is 2.36. The number of aryl methyl sites for hydroxylation is 1. The third-order valence-electron chi connectivity index (χ3n) is 2.28. The van der Waals surface area contributed by atoms with Crippen molar-refractivity contribution in [3.63, 3.8) is 0 Å². The summed E-state index contributed by atoms with van der Waals surface area (Å²) in [4.78, 5) is 18.2. The Hall–Kier alpha value is -2.21. The van der Waals surface area contributed by atoms with Crippen molar-refractivity contribution in [2.24, 2.45) is 0 Å². The minimum Gasteiger partial charge on any atom is -0.486 e. The summed E-state index contributed by atoms with van der Waals surface area (Å²) in [5.41, 5.74) is 0.768. The molecule has 0 aliphatic heterocycles. The molecular weight excluding hydrogens is 270 g/mol. The molecule has 2 rings (SSSR count). The van der Waals surface area contributed by atoms with Gasteiger partial charge in [0, 0.05) is 17.8 Å². The van der Waals surface area contributed by atoms with Gasteiger partial charge in [-0.25, -0.2) is 9.97 Å². The van der Waals surface area contributed by atoms with Gasteiger partial charge in [0.15, 0.2) is 5.82 Å². The molecule has 0 fully saturated rings. The maximum Gasteiger partial charge on any atom is 0.269 e. The Kier molecular flexibility index (Phi) is 3.91. The third kappa shape index (κ3) is 3.62. The number of ether oxygens (including phenoxy) is 1. The van der Waals surface area contributed by atoms with Gasteiger partial charge < -0.3 is 4.74 Å². The van der Waals surface area contributed by atoms with E-state index >= 15 is 0 Å². The molecule has 1 heterocycles. The lowest BCUT2D eigenvalue weighted by molar-refractivity contribution is -0.384. The minimum absolute atomic E-state index is 0.0159. The highest BCUT2D eigenvalue weighted by Gasteiger charge is 2.06. The fourth-order valence-corrected chi connectivity index (χ4v) is 1.72. The zero-order valence-corrected chi connectivity index (χ0v) is 10.8. The summed E-state index contributed by atoms with van der Waals surface area (Å²) in [6, 6.07) is 7.45. The monoisotopic (exact) mass is 279 g/mol. The summed E-state index contributed by atoms with van der Waals surface area (Å²) in [6.07, 6.45) is 0. The van der Waals surface area contributed by atoms with E-state index in [1.807, 2.05) is 6.92 Å². The van der Waals surface area contributed by atoms with E-state index in [-0.39, 0.29) is 12.3 Å². The lowest BCUT2D eigenvalue weighted by atomic mass is 10.3. The fraction of sp³-hybridized carbons (Fsp3) is 0.167. The minimum atomic E-state index is -0.465. The Balaban J connectivity index is 2.03. The molecule has 0 aliphatic rings. The predicted molar refractivity (Wildman–Crippen MR) is 69.2 cm³/mol. The zero-order chi connectivity index (χ0) is 13.8. The molecule has 0 saturated carbocycles. The number of aromatic nitrogens is 2. The lowest BCUT2D eigenvalue weighted by Crippen LogP contribution is -2.02. The van der Waals surface area contributed by atoms with Crippen molar-refractivity contribution in [2.75, 3.05) is 0 Å². The van der Waals surface area contributed by atoms with E-state index in [2.05, 4.69) is 9.97 Å². The summed E-state index contributed by atoms with van der Waals surface area (Å²) < 4.78 is 5.43. The number of benzene rings is 1. The van der Waals surface area contributed by atoms with Crippen LogP contribution in [0.15, 0.2) is 30.3 Å². The van der Waals surface area contributed by atoms with Crippen LogP contribution in [-0.2, 0) is 6.61 Å². The molecule has 1 aromatic carbocycles. The summed E-state index contributed by atoms with van der Waals surface area (Å²) in [6.45, 7) is 1.96. The highest BCUT2D eigenvalue weighted by atomic mass is 35.5. The summed E-state index contributed by atoms with van der Waals surface area (Å²) >= 11 is 5.81. The first kappa shape index (κ1) is 13.2. The molecule has 2 aromatic rings. The second-order valence-electron chi connectivity index (χ2n) is 3.79. The van der Waals surface area contributed by atoms with Crippen LogP contribution < -0.4 is 4.74 Å². The number of nitro benzene ring substituents is 1. The topological polar surface area (TPSA) is 78.2 Å². The van der Waals surface area contributed by atoms with Crippen LogP contribution in [-0.4, -0.2) is 14.9 Å². The van der Waals surface area contributed by atoms with Gasteiger partial charge in [-0.1, -0.05) is 11.6 Å². The van der Waals surface area contributed by atoms with Crippen molar-refractivity contribution in [3.05, 3.63) is 57.1 Å². The molecular formula is C12H10ClN3O3. The van der Waals surface area contributed by atoms with E-state index in [4.69, 9.17) is 16.3 Å². The van der Waals surface area contributed by atoms with Crippen LogP contribution in [0.4, 0.5) is 5.69 Å². The van der Waals surface area contributed by atoms with Gasteiger partial charge in [0.1, 0.15) is 17.5 Å². The Morgan fingerprint density at radius 1 is 1.32 bits per heavy atom. The molecule has 0 spiro atoms. The molecule has 98 valence electrons. The van der Waals surface area contributed by atoms with Crippen molar-refractivity contribution in [2.45, 2.75) is 13.5 Å². The average molecular weight is 280 g/mol. The van der Waals surface area contributed by atoms with E-state index in [1.165, 1.54) is 24.3 Å². The van der Waals surface area contributed by atoms with Crippen molar-refractivity contribution in [1.29, 1.82) is 0 Å². The maximum atomic E-state index is 10.5. The van der Waals surface area contributed by atoms with Crippen LogP contribution in [0.2, 0.25) is 5.15 Å². The number of rotatable bonds is 4. The Morgan fingerprint density at radius 2 is 2.00 bits per heavy atom. The van der Waals surface area contributed by atoms with Gasteiger partial charge >= 0.3 is 0 Å². The SMILES string of the molecule is Cc1cc(Cl)nc(COc2ccc([N+](=O)[O-])cc2)n1. The van der Waals surface area contributed by atoms with Crippen LogP contribution >= 0.6 is 11.6 Å². The summed E-state index contributed by atoms with van der Waals surface area (Å²) in [7, 11) is 0. The van der Waals surface area contributed by atoms with Crippen LogP contribution in [0.25, 0.3) is 0 Å². The van der Waals surface area contributed by atoms with E-state index in [9.17, 15) is 10.1 Å². The van der Waals surface area contributed by atoms with Gasteiger partial charge in [-0.2, -0.15) is 0 Å². The number of hydrogen-bond donors (Lipinski definition) is 0. The first-order valence-electron chi connectivity index (χ1n) is 5.42. The molecule has 7 heteroatoms. The standard InChI is InChI=1S/C12H10ClN3O3/c1-8-6-11(13)15-12(14-8)7-19-10-4-2-9(3-5-10)16(17)18/h2-6H,7H2,1H3. The molecule has 1 aromatic heterocycles. The molecule has 0 aliphatic carbocycles. The lowest BCUT2D eigenvalue weighted by Gasteiger charge is -2.05. The molecule has 0 atom stereocenters. The van der Waals surface area contributed by atoms with E-state index in [1.54, 1.807) is 6.07 Å². The van der Waals surface area contributed by atoms with E-state index in [0.717, 1.165) is 5.69 Å². The summed E-state index contributed by atoms with van der Waals surface area (Å²) in [5.74, 6) is 0.968. The Labute approximate surface area is 114 Å². The van der Waals surface area contributed by atoms with Crippen LogP contribution in [0.5, 0.6) is 5.75 Å². The van der Waals surface area contributed by atoms with Gasteiger partial charge in [-0.05, 0) is 25.1 Å². The van der Waals surface area contributed by atoms with E-state index in [0.29, 0.717) is 16.7 Å². The highest BCUT2D eigenvalue weighted by molar-refractivity contribution is 6.29. The number of nitro groups is 1.